The highest BCUT2D eigenvalue weighted by molar-refractivity contribution is 6.02. The largest absolute Gasteiger partial charge is 0.497 e. The number of benzene rings is 1. The monoisotopic (exact) mass is 348 g/mol. The second kappa shape index (κ2) is 7.46. The number of carboxylic acids is 1. The molecule has 0 radical (unpaired) electrons. The maximum absolute atomic E-state index is 12.7. The van der Waals surface area contributed by atoms with Crippen molar-refractivity contribution in [2.75, 3.05) is 14.2 Å². The Bertz CT molecular complexity index is 796. The fourth-order valence-corrected chi connectivity index (χ4v) is 2.78. The fraction of sp³-hybridized carbons (Fsp3) is 0.444. The zero-order valence-electron chi connectivity index (χ0n) is 15.1. The van der Waals surface area contributed by atoms with Gasteiger partial charge in [0.05, 0.1) is 19.7 Å². The molecule has 0 aliphatic rings. The lowest BCUT2D eigenvalue weighted by atomic mass is 9.99. The first-order valence-electron chi connectivity index (χ1n) is 8.09. The molecule has 0 spiro atoms. The van der Waals surface area contributed by atoms with Crippen molar-refractivity contribution in [1.29, 1.82) is 0 Å². The van der Waals surface area contributed by atoms with Gasteiger partial charge in [0.15, 0.2) is 0 Å². The van der Waals surface area contributed by atoms with Crippen LogP contribution in [0.2, 0.25) is 0 Å². The molecule has 0 bridgehead atoms. The third-order valence-electron chi connectivity index (χ3n) is 4.55. The number of ether oxygens (including phenoxy) is 2. The van der Waals surface area contributed by atoms with Crippen LogP contribution in [0.1, 0.15) is 30.8 Å². The van der Waals surface area contributed by atoms with Gasteiger partial charge >= 0.3 is 5.97 Å². The van der Waals surface area contributed by atoms with Crippen LogP contribution in [0.25, 0.3) is 10.9 Å². The number of nitrogens with zero attached hydrogens (tertiary/aromatic N) is 1. The molecule has 0 aliphatic carbocycles. The predicted octanol–water partition coefficient (Wildman–Crippen LogP) is 2.42. The Morgan fingerprint density at radius 1 is 1.24 bits per heavy atom. The molecule has 0 fully saturated rings. The molecule has 136 valence electrons. The van der Waals surface area contributed by atoms with Gasteiger partial charge in [0.25, 0.3) is 5.91 Å². The van der Waals surface area contributed by atoms with Gasteiger partial charge in [-0.15, -0.1) is 0 Å². The van der Waals surface area contributed by atoms with E-state index in [4.69, 9.17) is 9.47 Å². The SMILES string of the molecule is CC[C@@H](C)[C@H](NC(=O)c1cc2c(OC)cc(OC)cc2n1C)C(=O)O. The first-order valence-corrected chi connectivity index (χ1v) is 8.09. The molecular formula is C18H24N2O5. The molecule has 2 N–H and O–H groups in total. The number of carbonyl (C=O) groups excluding carboxylic acids is 1. The van der Waals surface area contributed by atoms with Crippen LogP contribution in [0.5, 0.6) is 11.5 Å². The van der Waals surface area contributed by atoms with Crippen molar-refractivity contribution in [2.24, 2.45) is 13.0 Å². The highest BCUT2D eigenvalue weighted by Crippen LogP contribution is 2.33. The summed E-state index contributed by atoms with van der Waals surface area (Å²) in [5.41, 5.74) is 1.12. The molecule has 0 saturated carbocycles. The lowest BCUT2D eigenvalue weighted by molar-refractivity contribution is -0.140. The Balaban J connectivity index is 2.45. The van der Waals surface area contributed by atoms with Crippen LogP contribution in [-0.2, 0) is 11.8 Å². The number of carbonyl (C=O) groups is 2. The molecular weight excluding hydrogens is 324 g/mol. The number of aryl methyl sites for hydroxylation is 1. The van der Waals surface area contributed by atoms with Crippen molar-refractivity contribution in [3.05, 3.63) is 23.9 Å². The van der Waals surface area contributed by atoms with Gasteiger partial charge in [0, 0.05) is 24.6 Å². The maximum Gasteiger partial charge on any atom is 0.326 e. The lowest BCUT2D eigenvalue weighted by Crippen LogP contribution is -2.45. The predicted molar refractivity (Wildman–Crippen MR) is 94.4 cm³/mol. The Labute approximate surface area is 146 Å². The summed E-state index contributed by atoms with van der Waals surface area (Å²) in [4.78, 5) is 24.1. The topological polar surface area (TPSA) is 89.8 Å². The average Bonchev–Trinajstić information content (AvgIpc) is 2.94. The summed E-state index contributed by atoms with van der Waals surface area (Å²) < 4.78 is 12.3. The number of aliphatic carboxylic acids is 1. The summed E-state index contributed by atoms with van der Waals surface area (Å²) in [7, 11) is 4.85. The summed E-state index contributed by atoms with van der Waals surface area (Å²) in [6.07, 6.45) is 0.650. The van der Waals surface area contributed by atoms with Gasteiger partial charge in [-0.3, -0.25) is 4.79 Å². The third-order valence-corrected chi connectivity index (χ3v) is 4.55. The Hall–Kier alpha value is -2.70. The van der Waals surface area contributed by atoms with Crippen LogP contribution < -0.4 is 14.8 Å². The van der Waals surface area contributed by atoms with Crippen molar-refractivity contribution >= 4 is 22.8 Å². The number of methoxy groups -OCH3 is 2. The molecule has 0 unspecified atom stereocenters. The van der Waals surface area contributed by atoms with Gasteiger partial charge in [-0.25, -0.2) is 4.79 Å². The van der Waals surface area contributed by atoms with Gasteiger partial charge in [0.2, 0.25) is 0 Å². The van der Waals surface area contributed by atoms with Gasteiger partial charge in [0.1, 0.15) is 23.2 Å². The lowest BCUT2D eigenvalue weighted by Gasteiger charge is -2.20. The van der Waals surface area contributed by atoms with Gasteiger partial charge < -0.3 is 24.5 Å². The van der Waals surface area contributed by atoms with E-state index < -0.39 is 17.9 Å². The number of amides is 1. The number of hydrogen-bond acceptors (Lipinski definition) is 4. The minimum Gasteiger partial charge on any atom is -0.497 e. The van der Waals surface area contributed by atoms with E-state index in [2.05, 4.69) is 5.32 Å². The van der Waals surface area contributed by atoms with Crippen LogP contribution in [0.15, 0.2) is 18.2 Å². The zero-order chi connectivity index (χ0) is 18.7. The quantitative estimate of drug-likeness (QED) is 0.802. The van der Waals surface area contributed by atoms with Gasteiger partial charge in [-0.1, -0.05) is 20.3 Å². The van der Waals surface area contributed by atoms with E-state index >= 15 is 0 Å². The first kappa shape index (κ1) is 18.6. The van der Waals surface area contributed by atoms with Crippen molar-refractivity contribution in [3.63, 3.8) is 0 Å². The Kier molecular flexibility index (Phi) is 5.56. The van der Waals surface area contributed by atoms with Gasteiger partial charge in [-0.2, -0.15) is 0 Å². The summed E-state index contributed by atoms with van der Waals surface area (Å²) in [6.45, 7) is 3.69. The summed E-state index contributed by atoms with van der Waals surface area (Å²) in [6, 6.07) is 4.30. The first-order chi connectivity index (χ1) is 11.8. The molecule has 2 rings (SSSR count). The normalized spacial score (nSPS) is 13.3. The van der Waals surface area contributed by atoms with E-state index in [-0.39, 0.29) is 5.92 Å². The second-order valence-corrected chi connectivity index (χ2v) is 6.03. The van der Waals surface area contributed by atoms with Crippen LogP contribution in [0, 0.1) is 5.92 Å². The summed E-state index contributed by atoms with van der Waals surface area (Å²) in [5, 5.41) is 12.7. The second-order valence-electron chi connectivity index (χ2n) is 6.03. The third kappa shape index (κ3) is 3.55. The molecule has 1 aromatic carbocycles. The molecule has 0 aliphatic heterocycles. The number of nitrogens with one attached hydrogen (secondary N) is 1. The number of carboxylic acid groups (broad SMARTS) is 1. The van der Waals surface area contributed by atoms with E-state index in [9.17, 15) is 14.7 Å². The van der Waals surface area contributed by atoms with Crippen LogP contribution in [0.4, 0.5) is 0 Å². The number of rotatable bonds is 7. The smallest absolute Gasteiger partial charge is 0.326 e. The van der Waals surface area contributed by atoms with Crippen LogP contribution >= 0.6 is 0 Å². The van der Waals surface area contributed by atoms with Crippen LogP contribution in [0.3, 0.4) is 0 Å². The molecule has 0 saturated heterocycles. The van der Waals surface area contributed by atoms with Crippen LogP contribution in [-0.4, -0.2) is 41.8 Å². The van der Waals surface area contributed by atoms with Crippen molar-refractivity contribution in [2.45, 2.75) is 26.3 Å². The van der Waals surface area contributed by atoms with Crippen molar-refractivity contribution in [1.82, 2.24) is 9.88 Å². The van der Waals surface area contributed by atoms with E-state index in [0.29, 0.717) is 23.6 Å². The highest BCUT2D eigenvalue weighted by atomic mass is 16.5. The number of hydrogen-bond donors (Lipinski definition) is 2. The van der Waals surface area contributed by atoms with E-state index in [1.54, 1.807) is 51.0 Å². The standard InChI is InChI=1S/C18H24N2O5/c1-6-10(2)16(18(22)23)19-17(21)14-9-12-13(20(14)3)7-11(24-4)8-15(12)25-5/h7-10,16H,6H2,1-5H3,(H,19,21)(H,22,23)/t10-,16+/m1/s1. The number of fused-ring (bicyclic) bond motifs is 1. The molecule has 1 amide bonds. The van der Waals surface area contributed by atoms with Crippen molar-refractivity contribution < 1.29 is 24.2 Å². The molecule has 7 nitrogen and oxygen atoms in total. The molecule has 25 heavy (non-hydrogen) atoms. The Morgan fingerprint density at radius 2 is 1.92 bits per heavy atom. The minimum absolute atomic E-state index is 0.175. The van der Waals surface area contributed by atoms with E-state index in [0.717, 1.165) is 10.9 Å². The zero-order valence-corrected chi connectivity index (χ0v) is 15.1. The molecule has 1 aromatic heterocycles. The molecule has 2 aromatic rings. The Morgan fingerprint density at radius 3 is 2.44 bits per heavy atom. The molecule has 7 heteroatoms. The molecule has 2 atom stereocenters. The van der Waals surface area contributed by atoms with E-state index in [1.807, 2.05) is 6.92 Å². The van der Waals surface area contributed by atoms with E-state index in [1.165, 1.54) is 0 Å². The van der Waals surface area contributed by atoms with Crippen molar-refractivity contribution in [3.8, 4) is 11.5 Å². The minimum atomic E-state index is -1.04. The summed E-state index contributed by atoms with van der Waals surface area (Å²) >= 11 is 0. The molecule has 1 heterocycles. The fourth-order valence-electron chi connectivity index (χ4n) is 2.78. The summed E-state index contributed by atoms with van der Waals surface area (Å²) in [5.74, 6) is -0.458. The highest BCUT2D eigenvalue weighted by Gasteiger charge is 2.27. The maximum atomic E-state index is 12.7. The average molecular weight is 348 g/mol. The number of aromatic nitrogens is 1. The van der Waals surface area contributed by atoms with Gasteiger partial charge in [-0.05, 0) is 12.0 Å².